The third-order valence-corrected chi connectivity index (χ3v) is 4.39. The molecule has 0 amide bonds. The molecule has 3 rings (SSSR count). The Bertz CT molecular complexity index is 804. The third-order valence-electron chi connectivity index (χ3n) is 4.39. The highest BCUT2D eigenvalue weighted by Gasteiger charge is 2.52. The number of carbonyl (C=O) groups is 2. The van der Waals surface area contributed by atoms with Gasteiger partial charge in [0.25, 0.3) is 0 Å². The number of aliphatic hydroxyl groups is 1. The Hall–Kier alpha value is -2.46. The molecule has 0 spiro atoms. The van der Waals surface area contributed by atoms with Gasteiger partial charge in [-0.05, 0) is 31.9 Å². The second-order valence-corrected chi connectivity index (χ2v) is 7.45. The van der Waals surface area contributed by atoms with Gasteiger partial charge in [-0.15, -0.1) is 0 Å². The third kappa shape index (κ3) is 3.22. The van der Waals surface area contributed by atoms with E-state index in [0.717, 1.165) is 11.1 Å². The van der Waals surface area contributed by atoms with Crippen molar-refractivity contribution >= 4 is 11.8 Å². The Kier molecular flexibility index (Phi) is 4.25. The number of hydrogen-bond acceptors (Lipinski definition) is 4. The maximum absolute atomic E-state index is 12.9. The molecule has 0 aromatic heterocycles. The lowest BCUT2D eigenvalue weighted by atomic mass is 9.71. The van der Waals surface area contributed by atoms with E-state index in [1.807, 2.05) is 42.5 Å². The summed E-state index contributed by atoms with van der Waals surface area (Å²) in [5.74, 6) is -1.74. The largest absolute Gasteiger partial charge is 0.457 e. The summed E-state index contributed by atoms with van der Waals surface area (Å²) >= 11 is 0. The summed E-state index contributed by atoms with van der Waals surface area (Å²) in [4.78, 5) is 25.5. The highest BCUT2D eigenvalue weighted by Crippen LogP contribution is 2.42. The van der Waals surface area contributed by atoms with Gasteiger partial charge in [-0.25, -0.2) is 4.79 Å². The highest BCUT2D eigenvalue weighted by atomic mass is 16.6. The van der Waals surface area contributed by atoms with Crippen LogP contribution >= 0.6 is 0 Å². The summed E-state index contributed by atoms with van der Waals surface area (Å²) in [6.45, 7) is 5.14. The summed E-state index contributed by atoms with van der Waals surface area (Å²) in [5.41, 5.74) is -0.818. The predicted octanol–water partition coefficient (Wildman–Crippen LogP) is 3.48. The molecule has 0 saturated heterocycles. The zero-order valence-electron chi connectivity index (χ0n) is 14.7. The molecule has 4 heteroatoms. The van der Waals surface area contributed by atoms with Gasteiger partial charge < -0.3 is 9.84 Å². The minimum Gasteiger partial charge on any atom is -0.457 e. The first-order valence-corrected chi connectivity index (χ1v) is 8.37. The molecule has 4 nitrogen and oxygen atoms in total. The van der Waals surface area contributed by atoms with Crippen molar-refractivity contribution in [1.82, 2.24) is 0 Å². The summed E-state index contributed by atoms with van der Waals surface area (Å²) in [6.07, 6.45) is -0.0260. The lowest BCUT2D eigenvalue weighted by Crippen LogP contribution is -2.53. The highest BCUT2D eigenvalue weighted by molar-refractivity contribution is 6.17. The lowest BCUT2D eigenvalue weighted by Gasteiger charge is -2.36. The minimum atomic E-state index is -2.18. The van der Waals surface area contributed by atoms with Crippen LogP contribution in [0.3, 0.4) is 0 Å². The molecule has 0 radical (unpaired) electrons. The molecule has 1 aliphatic rings. The van der Waals surface area contributed by atoms with Crippen LogP contribution in [0.4, 0.5) is 0 Å². The van der Waals surface area contributed by atoms with Gasteiger partial charge in [0, 0.05) is 17.9 Å². The molecule has 1 N–H and O–H groups in total. The van der Waals surface area contributed by atoms with Crippen LogP contribution in [0.25, 0.3) is 0 Å². The molecule has 0 bridgehead atoms. The topological polar surface area (TPSA) is 63.6 Å². The van der Waals surface area contributed by atoms with Crippen LogP contribution in [-0.2, 0) is 9.53 Å². The summed E-state index contributed by atoms with van der Waals surface area (Å²) in [7, 11) is 0. The Balaban J connectivity index is 2.09. The minimum absolute atomic E-state index is 0.0260. The standard InChI is InChI=1S/C21H22O4/c1-20(2,3)25-19(23)21(24)13-17(14-9-5-4-6-10-14)15-11-7-8-12-16(15)18(21)22/h4-12,17,24H,13H2,1-3H3/t17-,21+/m1/s1. The lowest BCUT2D eigenvalue weighted by molar-refractivity contribution is -0.172. The first kappa shape index (κ1) is 17.4. The first-order chi connectivity index (χ1) is 11.7. The van der Waals surface area contributed by atoms with Crippen LogP contribution in [0.1, 0.15) is 54.6 Å². The Morgan fingerprint density at radius 2 is 1.68 bits per heavy atom. The van der Waals surface area contributed by atoms with Gasteiger partial charge in [-0.1, -0.05) is 54.6 Å². The molecule has 2 atom stereocenters. The first-order valence-electron chi connectivity index (χ1n) is 8.37. The van der Waals surface area contributed by atoms with E-state index >= 15 is 0 Å². The smallest absolute Gasteiger partial charge is 0.346 e. The van der Waals surface area contributed by atoms with Crippen LogP contribution in [-0.4, -0.2) is 28.1 Å². The van der Waals surface area contributed by atoms with Gasteiger partial charge in [0.2, 0.25) is 11.4 Å². The Labute approximate surface area is 147 Å². The molecule has 0 aliphatic heterocycles. The number of ether oxygens (including phenoxy) is 1. The van der Waals surface area contributed by atoms with E-state index in [1.54, 1.807) is 32.9 Å². The quantitative estimate of drug-likeness (QED) is 0.673. The van der Waals surface area contributed by atoms with Crippen LogP contribution in [0.15, 0.2) is 54.6 Å². The fourth-order valence-electron chi connectivity index (χ4n) is 3.25. The molecular weight excluding hydrogens is 316 g/mol. The zero-order valence-corrected chi connectivity index (χ0v) is 14.7. The number of esters is 1. The molecule has 2 aromatic carbocycles. The Morgan fingerprint density at radius 3 is 2.32 bits per heavy atom. The van der Waals surface area contributed by atoms with Crippen molar-refractivity contribution in [2.45, 2.75) is 44.3 Å². The summed E-state index contributed by atoms with van der Waals surface area (Å²) in [6, 6.07) is 16.7. The van der Waals surface area contributed by atoms with Crippen molar-refractivity contribution in [2.24, 2.45) is 0 Å². The van der Waals surface area contributed by atoms with Gasteiger partial charge in [0.1, 0.15) is 5.60 Å². The van der Waals surface area contributed by atoms with Crippen molar-refractivity contribution in [1.29, 1.82) is 0 Å². The van der Waals surface area contributed by atoms with Crippen molar-refractivity contribution in [3.8, 4) is 0 Å². The molecular formula is C21H22O4. The summed E-state index contributed by atoms with van der Waals surface area (Å²) in [5, 5.41) is 11.0. The normalized spacial score (nSPS) is 23.0. The fourth-order valence-corrected chi connectivity index (χ4v) is 3.25. The van der Waals surface area contributed by atoms with Gasteiger partial charge in [-0.3, -0.25) is 4.79 Å². The van der Waals surface area contributed by atoms with Crippen LogP contribution in [0.2, 0.25) is 0 Å². The van der Waals surface area contributed by atoms with Gasteiger partial charge in [0.05, 0.1) is 0 Å². The Morgan fingerprint density at radius 1 is 1.08 bits per heavy atom. The van der Waals surface area contributed by atoms with Crippen molar-refractivity contribution in [3.63, 3.8) is 0 Å². The van der Waals surface area contributed by atoms with Crippen molar-refractivity contribution in [3.05, 3.63) is 71.3 Å². The van der Waals surface area contributed by atoms with Crippen LogP contribution in [0, 0.1) is 0 Å². The predicted molar refractivity (Wildman–Crippen MR) is 94.5 cm³/mol. The maximum Gasteiger partial charge on any atom is 0.346 e. The average Bonchev–Trinajstić information content (AvgIpc) is 2.57. The van der Waals surface area contributed by atoms with Crippen molar-refractivity contribution < 1.29 is 19.4 Å². The number of carbonyl (C=O) groups excluding carboxylic acids is 2. The van der Waals surface area contributed by atoms with Gasteiger partial charge in [0.15, 0.2) is 0 Å². The summed E-state index contributed by atoms with van der Waals surface area (Å²) < 4.78 is 5.34. The molecule has 25 heavy (non-hydrogen) atoms. The number of fused-ring (bicyclic) bond motifs is 1. The van der Waals surface area contributed by atoms with Gasteiger partial charge >= 0.3 is 5.97 Å². The molecule has 0 heterocycles. The second-order valence-electron chi connectivity index (χ2n) is 7.45. The fraction of sp³-hybridized carbons (Fsp3) is 0.333. The molecule has 0 unspecified atom stereocenters. The molecule has 1 aliphatic carbocycles. The van der Waals surface area contributed by atoms with E-state index in [2.05, 4.69) is 0 Å². The SMILES string of the molecule is CC(C)(C)OC(=O)[C@]1(O)C[C@H](c2ccccc2)c2ccccc2C1=O. The molecule has 0 fully saturated rings. The van der Waals surface area contributed by atoms with Gasteiger partial charge in [-0.2, -0.15) is 0 Å². The van der Waals surface area contributed by atoms with Crippen molar-refractivity contribution in [2.75, 3.05) is 0 Å². The van der Waals surface area contributed by atoms with E-state index in [-0.39, 0.29) is 12.3 Å². The molecule has 0 saturated carbocycles. The van der Waals surface area contributed by atoms with E-state index in [4.69, 9.17) is 4.74 Å². The number of rotatable bonds is 2. The van der Waals surface area contributed by atoms with Crippen LogP contribution < -0.4 is 0 Å². The number of benzene rings is 2. The van der Waals surface area contributed by atoms with E-state index in [1.165, 1.54) is 0 Å². The monoisotopic (exact) mass is 338 g/mol. The molecule has 130 valence electrons. The maximum atomic E-state index is 12.9. The number of hydrogen-bond donors (Lipinski definition) is 1. The molecule has 2 aromatic rings. The van der Waals surface area contributed by atoms with E-state index in [0.29, 0.717) is 5.56 Å². The number of ketones is 1. The average molecular weight is 338 g/mol. The zero-order chi connectivity index (χ0) is 18.2. The number of Topliss-reactive ketones (excluding diaryl/α,β-unsaturated/α-hetero) is 1. The van der Waals surface area contributed by atoms with E-state index in [9.17, 15) is 14.7 Å². The van der Waals surface area contributed by atoms with Crippen LogP contribution in [0.5, 0.6) is 0 Å². The second kappa shape index (κ2) is 6.12. The van der Waals surface area contributed by atoms with E-state index < -0.39 is 23.0 Å².